The van der Waals surface area contributed by atoms with Crippen LogP contribution in [0.5, 0.6) is 11.9 Å². The number of hydrogen-bond donors (Lipinski definition) is 1. The van der Waals surface area contributed by atoms with Crippen LogP contribution in [-0.4, -0.2) is 72.6 Å². The van der Waals surface area contributed by atoms with Crippen LogP contribution in [0.4, 0.5) is 23.4 Å². The number of alkyl halides is 3. The first kappa shape index (κ1) is 31.2. The molecule has 9 nitrogen and oxygen atoms in total. The lowest BCUT2D eigenvalue weighted by Gasteiger charge is -2.41. The normalized spacial score (nSPS) is 18.9. The molecule has 0 bridgehead atoms. The lowest BCUT2D eigenvalue weighted by molar-refractivity contribution is -0.140. The molecule has 0 saturated carbocycles. The van der Waals surface area contributed by atoms with E-state index in [4.69, 9.17) is 9.47 Å². The third kappa shape index (κ3) is 6.79. The molecule has 1 aromatic carbocycles. The standard InChI is InChI=1S/C29H35F4N5O4S/c1-16(2)38-13-18(14-38)15-42-28-36-25(34-17(3)20-6-5-7-23(24(20)30)29(31,32)33)22-12-21(27(41-4)35-26(22)37-28)19-8-10-43(39,40)11-9-19/h5-7,12,16-19H,8-11,13-15H2,1-4H3,(H,34,35,36,37)/t17-/m1/s1. The third-order valence-corrected chi connectivity index (χ3v) is 9.88. The summed E-state index contributed by atoms with van der Waals surface area (Å²) in [5, 5.41) is 3.48. The molecular weight excluding hydrogens is 590 g/mol. The third-order valence-electron chi connectivity index (χ3n) is 8.16. The van der Waals surface area contributed by atoms with Crippen LogP contribution in [-0.2, 0) is 16.0 Å². The quantitative estimate of drug-likeness (QED) is 0.314. The van der Waals surface area contributed by atoms with E-state index in [0.29, 0.717) is 42.5 Å². The van der Waals surface area contributed by atoms with Crippen LogP contribution < -0.4 is 14.8 Å². The van der Waals surface area contributed by atoms with Crippen LogP contribution in [0, 0.1) is 11.7 Å². The summed E-state index contributed by atoms with van der Waals surface area (Å²) in [7, 11) is -1.65. The van der Waals surface area contributed by atoms with Gasteiger partial charge in [-0.05, 0) is 51.7 Å². The zero-order valence-electron chi connectivity index (χ0n) is 24.4. The lowest BCUT2D eigenvalue weighted by Crippen LogP contribution is -2.52. The van der Waals surface area contributed by atoms with Crippen molar-refractivity contribution in [2.45, 2.75) is 57.8 Å². The minimum atomic E-state index is -4.85. The van der Waals surface area contributed by atoms with Crippen LogP contribution in [0.1, 0.15) is 62.3 Å². The summed E-state index contributed by atoms with van der Waals surface area (Å²) in [5.74, 6) is -0.683. The molecule has 0 radical (unpaired) electrons. The smallest absolute Gasteiger partial charge is 0.419 e. The van der Waals surface area contributed by atoms with Gasteiger partial charge in [0.15, 0.2) is 5.65 Å². The number of fused-ring (bicyclic) bond motifs is 1. The number of pyridine rings is 1. The van der Waals surface area contributed by atoms with Crippen molar-refractivity contribution in [2.24, 2.45) is 5.92 Å². The number of nitrogens with zero attached hydrogens (tertiary/aromatic N) is 4. The predicted octanol–water partition coefficient (Wildman–Crippen LogP) is 5.38. The van der Waals surface area contributed by atoms with Gasteiger partial charge in [0.1, 0.15) is 21.5 Å². The molecule has 2 aromatic heterocycles. The molecule has 2 saturated heterocycles. The Hall–Kier alpha value is -3.26. The van der Waals surface area contributed by atoms with E-state index in [0.717, 1.165) is 19.2 Å². The Morgan fingerprint density at radius 3 is 2.42 bits per heavy atom. The maximum Gasteiger partial charge on any atom is 0.419 e. The Morgan fingerprint density at radius 1 is 1.09 bits per heavy atom. The van der Waals surface area contributed by atoms with E-state index in [2.05, 4.69) is 39.0 Å². The fraction of sp³-hybridized carbons (Fsp3) is 0.552. The van der Waals surface area contributed by atoms with Crippen LogP contribution >= 0.6 is 0 Å². The molecule has 5 rings (SSSR count). The summed E-state index contributed by atoms with van der Waals surface area (Å²) in [6.45, 7) is 7.87. The van der Waals surface area contributed by atoms with Crippen LogP contribution in [0.15, 0.2) is 24.3 Å². The van der Waals surface area contributed by atoms with Gasteiger partial charge in [0, 0.05) is 36.2 Å². The zero-order valence-corrected chi connectivity index (χ0v) is 25.2. The van der Waals surface area contributed by atoms with E-state index < -0.39 is 33.4 Å². The van der Waals surface area contributed by atoms with Crippen molar-refractivity contribution < 1.29 is 35.5 Å². The first-order valence-electron chi connectivity index (χ1n) is 14.2. The van der Waals surface area contributed by atoms with Crippen molar-refractivity contribution in [1.82, 2.24) is 19.9 Å². The highest BCUT2D eigenvalue weighted by molar-refractivity contribution is 7.91. The number of nitrogens with one attached hydrogen (secondary N) is 1. The van der Waals surface area contributed by atoms with Crippen molar-refractivity contribution in [3.8, 4) is 11.9 Å². The van der Waals surface area contributed by atoms with Gasteiger partial charge in [0.05, 0.1) is 42.2 Å². The minimum Gasteiger partial charge on any atom is -0.481 e. The molecule has 1 atom stereocenters. The highest BCUT2D eigenvalue weighted by atomic mass is 32.2. The van der Waals surface area contributed by atoms with E-state index in [-0.39, 0.29) is 52.3 Å². The van der Waals surface area contributed by atoms with Gasteiger partial charge in [-0.2, -0.15) is 28.1 Å². The Labute approximate surface area is 247 Å². The van der Waals surface area contributed by atoms with Gasteiger partial charge in [-0.1, -0.05) is 12.1 Å². The van der Waals surface area contributed by atoms with Gasteiger partial charge in [0.2, 0.25) is 5.88 Å². The van der Waals surface area contributed by atoms with Crippen LogP contribution in [0.25, 0.3) is 11.0 Å². The van der Waals surface area contributed by atoms with Crippen LogP contribution in [0.3, 0.4) is 0 Å². The number of benzene rings is 1. The average molecular weight is 626 g/mol. The Bertz CT molecular complexity index is 1580. The number of likely N-dealkylation sites (tertiary alicyclic amines) is 1. The Morgan fingerprint density at radius 2 is 1.79 bits per heavy atom. The highest BCUT2D eigenvalue weighted by Gasteiger charge is 2.36. The molecule has 2 aliphatic heterocycles. The van der Waals surface area contributed by atoms with E-state index >= 15 is 4.39 Å². The summed E-state index contributed by atoms with van der Waals surface area (Å²) < 4.78 is 90.9. The molecule has 0 amide bonds. The number of anilines is 1. The maximum atomic E-state index is 15.0. The fourth-order valence-electron chi connectivity index (χ4n) is 5.58. The second kappa shape index (κ2) is 12.0. The molecule has 14 heteroatoms. The molecule has 0 aliphatic carbocycles. The molecule has 2 aliphatic rings. The topological polar surface area (TPSA) is 107 Å². The number of hydrogen-bond acceptors (Lipinski definition) is 9. The molecule has 234 valence electrons. The van der Waals surface area contributed by atoms with Crippen molar-refractivity contribution >= 4 is 26.7 Å². The summed E-state index contributed by atoms with van der Waals surface area (Å²) >= 11 is 0. The molecule has 43 heavy (non-hydrogen) atoms. The molecule has 1 N–H and O–H groups in total. The molecular formula is C29H35F4N5O4S. The Balaban J connectivity index is 1.51. The van der Waals surface area contributed by atoms with Crippen molar-refractivity contribution in [2.75, 3.05) is 43.6 Å². The minimum absolute atomic E-state index is 0.0146. The Kier molecular flexibility index (Phi) is 8.72. The van der Waals surface area contributed by atoms with Crippen molar-refractivity contribution in [1.29, 1.82) is 0 Å². The number of halogens is 4. The molecule has 4 heterocycles. The molecule has 0 spiro atoms. The SMILES string of the molecule is COc1nc2nc(OCC3CN(C(C)C)C3)nc(N[C@H](C)c3cccc(C(F)(F)F)c3F)c2cc1C1CCS(=O)(=O)CC1. The van der Waals surface area contributed by atoms with Crippen LogP contribution in [0.2, 0.25) is 0 Å². The number of sulfone groups is 1. The summed E-state index contributed by atoms with van der Waals surface area (Å²) in [6.07, 6.45) is -4.08. The van der Waals surface area contributed by atoms with Crippen molar-refractivity contribution in [3.63, 3.8) is 0 Å². The van der Waals surface area contributed by atoms with Crippen molar-refractivity contribution in [3.05, 3.63) is 46.8 Å². The number of rotatable bonds is 9. The van der Waals surface area contributed by atoms with Gasteiger partial charge in [-0.3, -0.25) is 0 Å². The zero-order chi connectivity index (χ0) is 31.1. The first-order chi connectivity index (χ1) is 20.3. The summed E-state index contributed by atoms with van der Waals surface area (Å²) in [6, 6.07) is 4.42. The number of methoxy groups -OCH3 is 1. The molecule has 0 unspecified atom stereocenters. The van der Waals surface area contributed by atoms with Gasteiger partial charge in [-0.15, -0.1) is 0 Å². The summed E-state index contributed by atoms with van der Waals surface area (Å²) in [5.41, 5.74) is -0.657. The van der Waals surface area contributed by atoms with Gasteiger partial charge >= 0.3 is 12.2 Å². The van der Waals surface area contributed by atoms with E-state index in [1.54, 1.807) is 6.07 Å². The second-order valence-corrected chi connectivity index (χ2v) is 13.8. The molecule has 3 aromatic rings. The number of aromatic nitrogens is 3. The predicted molar refractivity (Wildman–Crippen MR) is 154 cm³/mol. The van der Waals surface area contributed by atoms with E-state index in [1.807, 2.05) is 0 Å². The maximum absolute atomic E-state index is 15.0. The first-order valence-corrected chi connectivity index (χ1v) is 16.0. The monoisotopic (exact) mass is 625 g/mol. The summed E-state index contributed by atoms with van der Waals surface area (Å²) in [4.78, 5) is 15.9. The molecule has 2 fully saturated rings. The fourth-order valence-corrected chi connectivity index (χ4v) is 7.07. The lowest BCUT2D eigenvalue weighted by atomic mass is 9.93. The van der Waals surface area contributed by atoms with Gasteiger partial charge in [-0.25, -0.2) is 12.8 Å². The second-order valence-electron chi connectivity index (χ2n) is 11.5. The number of ether oxygens (including phenoxy) is 2. The van der Waals surface area contributed by atoms with E-state index in [9.17, 15) is 21.6 Å². The van der Waals surface area contributed by atoms with Gasteiger partial charge in [0.25, 0.3) is 0 Å². The average Bonchev–Trinajstić information content (AvgIpc) is 2.90. The van der Waals surface area contributed by atoms with E-state index in [1.165, 1.54) is 20.1 Å². The van der Waals surface area contributed by atoms with Gasteiger partial charge < -0.3 is 19.7 Å². The highest BCUT2D eigenvalue weighted by Crippen LogP contribution is 2.39. The largest absolute Gasteiger partial charge is 0.481 e.